The first-order chi connectivity index (χ1) is 14.6. The molecule has 8 heteroatoms. The maximum absolute atomic E-state index is 12.7. The van der Waals surface area contributed by atoms with Gasteiger partial charge >= 0.3 is 5.97 Å². The molecule has 0 aliphatic carbocycles. The Morgan fingerprint density at radius 1 is 1.23 bits per heavy atom. The van der Waals surface area contributed by atoms with E-state index in [2.05, 4.69) is 15.4 Å². The lowest BCUT2D eigenvalue weighted by Gasteiger charge is -2.28. The summed E-state index contributed by atoms with van der Waals surface area (Å²) in [6.45, 7) is 4.32. The number of anilines is 1. The first kappa shape index (κ1) is 20.0. The SMILES string of the molecule is CCOC(=O)C1=C(C)Nc2ncnn2C1c1ccc(OCc2cccc(Cl)c2)cc1. The molecule has 30 heavy (non-hydrogen) atoms. The van der Waals surface area contributed by atoms with Gasteiger partial charge in [-0.25, -0.2) is 9.48 Å². The van der Waals surface area contributed by atoms with Crippen molar-refractivity contribution in [3.8, 4) is 5.75 Å². The minimum Gasteiger partial charge on any atom is -0.489 e. The zero-order valence-corrected chi connectivity index (χ0v) is 17.4. The van der Waals surface area contributed by atoms with Crippen molar-refractivity contribution in [3.63, 3.8) is 0 Å². The average molecular weight is 425 g/mol. The van der Waals surface area contributed by atoms with Gasteiger partial charge in [-0.1, -0.05) is 35.9 Å². The number of fused-ring (bicyclic) bond motifs is 1. The molecule has 1 aliphatic rings. The van der Waals surface area contributed by atoms with Crippen LogP contribution < -0.4 is 10.1 Å². The first-order valence-corrected chi connectivity index (χ1v) is 9.96. The fourth-order valence-corrected chi connectivity index (χ4v) is 3.62. The van der Waals surface area contributed by atoms with E-state index >= 15 is 0 Å². The Morgan fingerprint density at radius 3 is 2.77 bits per heavy atom. The Morgan fingerprint density at radius 2 is 2.03 bits per heavy atom. The summed E-state index contributed by atoms with van der Waals surface area (Å²) in [6, 6.07) is 14.7. The van der Waals surface area contributed by atoms with Crippen molar-refractivity contribution in [1.82, 2.24) is 14.8 Å². The number of benzene rings is 2. The number of esters is 1. The number of allylic oxidation sites excluding steroid dienone is 1. The smallest absolute Gasteiger partial charge is 0.338 e. The zero-order chi connectivity index (χ0) is 21.1. The fourth-order valence-electron chi connectivity index (χ4n) is 3.41. The molecule has 2 aromatic carbocycles. The molecule has 0 saturated heterocycles. The lowest BCUT2D eigenvalue weighted by molar-refractivity contribution is -0.139. The number of nitrogens with one attached hydrogen (secondary N) is 1. The van der Waals surface area contributed by atoms with Crippen molar-refractivity contribution >= 4 is 23.5 Å². The first-order valence-electron chi connectivity index (χ1n) is 9.58. The third kappa shape index (κ3) is 4.02. The van der Waals surface area contributed by atoms with E-state index in [1.165, 1.54) is 6.33 Å². The highest BCUT2D eigenvalue weighted by Crippen LogP contribution is 2.35. The second kappa shape index (κ2) is 8.59. The highest BCUT2D eigenvalue weighted by Gasteiger charge is 2.34. The van der Waals surface area contributed by atoms with E-state index in [4.69, 9.17) is 21.1 Å². The number of halogens is 1. The van der Waals surface area contributed by atoms with Crippen molar-refractivity contribution in [3.05, 3.63) is 82.3 Å². The molecule has 3 aromatic rings. The van der Waals surface area contributed by atoms with Gasteiger partial charge in [0.2, 0.25) is 5.95 Å². The van der Waals surface area contributed by atoms with Crippen molar-refractivity contribution in [2.24, 2.45) is 0 Å². The molecular formula is C22H21ClN4O3. The van der Waals surface area contributed by atoms with Crippen LogP contribution in [0.4, 0.5) is 5.95 Å². The number of hydrogen-bond donors (Lipinski definition) is 1. The minimum atomic E-state index is -0.440. The standard InChI is InChI=1S/C22H21ClN4O3/c1-3-29-21(28)19-14(2)26-22-24-13-25-27(22)20(19)16-7-9-18(10-8-16)30-12-15-5-4-6-17(23)11-15/h4-11,13,20H,3,12H2,1-2H3,(H,24,25,26). The summed E-state index contributed by atoms with van der Waals surface area (Å²) >= 11 is 6.02. The summed E-state index contributed by atoms with van der Waals surface area (Å²) in [5, 5.41) is 8.10. The zero-order valence-electron chi connectivity index (χ0n) is 16.6. The minimum absolute atomic E-state index is 0.294. The Hall–Kier alpha value is -3.32. The van der Waals surface area contributed by atoms with Crippen LogP contribution in [0.25, 0.3) is 0 Å². The van der Waals surface area contributed by atoms with Gasteiger partial charge in [0.1, 0.15) is 24.7 Å². The van der Waals surface area contributed by atoms with Gasteiger partial charge in [0, 0.05) is 10.7 Å². The van der Waals surface area contributed by atoms with Gasteiger partial charge in [-0.05, 0) is 49.2 Å². The van der Waals surface area contributed by atoms with Crippen molar-refractivity contribution in [1.29, 1.82) is 0 Å². The lowest BCUT2D eigenvalue weighted by Crippen LogP contribution is -2.29. The van der Waals surface area contributed by atoms with Crippen LogP contribution in [0.3, 0.4) is 0 Å². The molecule has 1 unspecified atom stereocenters. The molecule has 154 valence electrons. The molecule has 1 aromatic heterocycles. The Labute approximate surface area is 179 Å². The van der Waals surface area contributed by atoms with E-state index in [1.807, 2.05) is 55.5 Å². The number of aromatic nitrogens is 3. The number of rotatable bonds is 6. The highest BCUT2D eigenvalue weighted by atomic mass is 35.5. The molecule has 1 N–H and O–H groups in total. The van der Waals surface area contributed by atoms with Crippen LogP contribution in [0, 0.1) is 0 Å². The summed E-state index contributed by atoms with van der Waals surface area (Å²) < 4.78 is 12.8. The number of hydrogen-bond acceptors (Lipinski definition) is 6. The van der Waals surface area contributed by atoms with Gasteiger partial charge in [0.15, 0.2) is 0 Å². The molecule has 0 saturated carbocycles. The normalized spacial score (nSPS) is 15.4. The summed E-state index contributed by atoms with van der Waals surface area (Å²) in [5.41, 5.74) is 3.06. The molecule has 0 radical (unpaired) electrons. The predicted octanol–water partition coefficient (Wildman–Crippen LogP) is 4.36. The molecule has 1 atom stereocenters. The summed E-state index contributed by atoms with van der Waals surface area (Å²) in [7, 11) is 0. The van der Waals surface area contributed by atoms with Gasteiger partial charge in [-0.15, -0.1) is 0 Å². The van der Waals surface area contributed by atoms with Crippen LogP contribution in [-0.4, -0.2) is 27.3 Å². The molecule has 0 amide bonds. The van der Waals surface area contributed by atoms with E-state index in [0.717, 1.165) is 11.1 Å². The van der Waals surface area contributed by atoms with Crippen LogP contribution in [-0.2, 0) is 16.1 Å². The van der Waals surface area contributed by atoms with Crippen LogP contribution in [0.15, 0.2) is 66.1 Å². The maximum Gasteiger partial charge on any atom is 0.338 e. The van der Waals surface area contributed by atoms with Gasteiger partial charge in [-0.3, -0.25) is 0 Å². The van der Waals surface area contributed by atoms with Crippen molar-refractivity contribution in [2.45, 2.75) is 26.5 Å². The molecule has 1 aliphatic heterocycles. The molecular weight excluding hydrogens is 404 g/mol. The molecule has 2 heterocycles. The Kier molecular flexibility index (Phi) is 5.72. The van der Waals surface area contributed by atoms with Gasteiger partial charge < -0.3 is 14.8 Å². The number of carbonyl (C=O) groups excluding carboxylic acids is 1. The Balaban J connectivity index is 1.59. The highest BCUT2D eigenvalue weighted by molar-refractivity contribution is 6.30. The fraction of sp³-hybridized carbons (Fsp3) is 0.227. The van der Waals surface area contributed by atoms with Gasteiger partial charge in [0.25, 0.3) is 0 Å². The third-order valence-electron chi connectivity index (χ3n) is 4.78. The summed E-state index contributed by atoms with van der Waals surface area (Å²) in [5.74, 6) is 0.909. The van der Waals surface area contributed by atoms with Crippen molar-refractivity contribution < 1.29 is 14.3 Å². The molecule has 0 fully saturated rings. The average Bonchev–Trinajstić information content (AvgIpc) is 3.20. The van der Waals surface area contributed by atoms with Gasteiger partial charge in [0.05, 0.1) is 12.2 Å². The van der Waals surface area contributed by atoms with Crippen LogP contribution in [0.5, 0.6) is 5.75 Å². The third-order valence-corrected chi connectivity index (χ3v) is 5.02. The quantitative estimate of drug-likeness (QED) is 0.592. The van der Waals surface area contributed by atoms with Crippen molar-refractivity contribution in [2.75, 3.05) is 11.9 Å². The van der Waals surface area contributed by atoms with Crippen LogP contribution >= 0.6 is 11.6 Å². The number of nitrogens with zero attached hydrogens (tertiary/aromatic N) is 3. The van der Waals surface area contributed by atoms with E-state index < -0.39 is 6.04 Å². The van der Waals surface area contributed by atoms with Gasteiger partial charge in [-0.2, -0.15) is 10.1 Å². The summed E-state index contributed by atoms with van der Waals surface area (Å²) in [6.07, 6.45) is 1.46. The second-order valence-corrected chi connectivity index (χ2v) is 7.24. The van der Waals surface area contributed by atoms with Crippen LogP contribution in [0.2, 0.25) is 5.02 Å². The van der Waals surface area contributed by atoms with E-state index in [0.29, 0.717) is 41.2 Å². The molecule has 7 nitrogen and oxygen atoms in total. The number of ether oxygens (including phenoxy) is 2. The van der Waals surface area contributed by atoms with Crippen LogP contribution in [0.1, 0.15) is 31.0 Å². The largest absolute Gasteiger partial charge is 0.489 e. The summed E-state index contributed by atoms with van der Waals surface area (Å²) in [4.78, 5) is 16.9. The molecule has 0 bridgehead atoms. The topological polar surface area (TPSA) is 78.3 Å². The van der Waals surface area contributed by atoms with E-state index in [-0.39, 0.29) is 5.97 Å². The second-order valence-electron chi connectivity index (χ2n) is 6.80. The maximum atomic E-state index is 12.7. The predicted molar refractivity (Wildman–Crippen MR) is 113 cm³/mol. The monoisotopic (exact) mass is 424 g/mol. The van der Waals surface area contributed by atoms with E-state index in [1.54, 1.807) is 11.6 Å². The lowest BCUT2D eigenvalue weighted by atomic mass is 9.96. The Bertz CT molecular complexity index is 1090. The molecule has 0 spiro atoms. The van der Waals surface area contributed by atoms with E-state index in [9.17, 15) is 4.79 Å². The number of carbonyl (C=O) groups is 1. The molecule has 4 rings (SSSR count).